The summed E-state index contributed by atoms with van der Waals surface area (Å²) in [5.74, 6) is -0.427. The van der Waals surface area contributed by atoms with Crippen molar-refractivity contribution in [3.8, 4) is 17.0 Å². The van der Waals surface area contributed by atoms with Gasteiger partial charge in [0.2, 0.25) is 17.7 Å². The van der Waals surface area contributed by atoms with Crippen LogP contribution in [0.4, 0.5) is 0 Å². The average Bonchev–Trinajstić information content (AvgIpc) is 3.47. The number of aliphatic hydroxyl groups excluding tert-OH is 2. The first-order chi connectivity index (χ1) is 21.6. The quantitative estimate of drug-likeness (QED) is 0.0870. The van der Waals surface area contributed by atoms with Crippen LogP contribution in [0.3, 0.4) is 0 Å². The molecule has 5 unspecified atom stereocenters. The van der Waals surface area contributed by atoms with Gasteiger partial charge in [-0.2, -0.15) is 0 Å². The van der Waals surface area contributed by atoms with Crippen LogP contribution in [0.5, 0.6) is 5.75 Å². The second kappa shape index (κ2) is 18.4. The van der Waals surface area contributed by atoms with Gasteiger partial charge < -0.3 is 45.1 Å². The molecule has 3 rings (SSSR count). The predicted octanol–water partition coefficient (Wildman–Crippen LogP) is 0.487. The van der Waals surface area contributed by atoms with Crippen molar-refractivity contribution < 1.29 is 43.5 Å². The fourth-order valence-electron chi connectivity index (χ4n) is 4.65. The van der Waals surface area contributed by atoms with Crippen LogP contribution in [-0.2, 0) is 35.1 Å². The van der Waals surface area contributed by atoms with E-state index in [1.54, 1.807) is 13.3 Å². The smallest absolute Gasteiger partial charge is 0.231 e. The molecule has 1 saturated heterocycles. The molecule has 15 nitrogen and oxygen atoms in total. The van der Waals surface area contributed by atoms with Crippen LogP contribution in [0, 0.1) is 0 Å². The topological polar surface area (TPSA) is 195 Å². The third-order valence-electron chi connectivity index (χ3n) is 7.04. The summed E-state index contributed by atoms with van der Waals surface area (Å²) < 4.78 is 23.9. The van der Waals surface area contributed by atoms with Gasteiger partial charge in [0.15, 0.2) is 6.29 Å². The maximum atomic E-state index is 11.9. The highest BCUT2D eigenvalue weighted by Crippen LogP contribution is 2.25. The molecule has 2 heterocycles. The molecule has 250 valence electrons. The van der Waals surface area contributed by atoms with Crippen molar-refractivity contribution in [1.29, 1.82) is 0 Å². The Labute approximate surface area is 262 Å². The summed E-state index contributed by atoms with van der Waals surface area (Å²) in [6.45, 7) is 5.90. The fraction of sp³-hybridized carbons (Fsp3) is 0.633. The third-order valence-corrected chi connectivity index (χ3v) is 7.04. The van der Waals surface area contributed by atoms with E-state index in [1.807, 2.05) is 38.1 Å². The number of nitrogens with zero attached hydrogens (tertiary/aromatic N) is 3. The minimum Gasteiger partial charge on any atom is -0.497 e. The molecular formula is C30H46N6O9. The first-order valence-electron chi connectivity index (χ1n) is 15.2. The Morgan fingerprint density at radius 2 is 1.73 bits per heavy atom. The molecule has 3 amide bonds. The lowest BCUT2D eigenvalue weighted by atomic mass is 9.96. The maximum absolute atomic E-state index is 11.9. The Hall–Kier alpha value is -3.63. The molecular weight excluding hydrogens is 588 g/mol. The van der Waals surface area contributed by atoms with Crippen LogP contribution in [0.15, 0.2) is 30.5 Å². The maximum Gasteiger partial charge on any atom is 0.231 e. The summed E-state index contributed by atoms with van der Waals surface area (Å²) in [6.07, 6.45) is -0.103. The number of carbonyl (C=O) groups is 3. The molecule has 0 bridgehead atoms. The lowest BCUT2D eigenvalue weighted by Crippen LogP contribution is -2.64. The van der Waals surface area contributed by atoms with Gasteiger partial charge in [-0.3, -0.25) is 14.4 Å². The summed E-state index contributed by atoms with van der Waals surface area (Å²) in [6, 6.07) is 6.37. The molecule has 45 heavy (non-hydrogen) atoms. The highest BCUT2D eigenvalue weighted by molar-refractivity contribution is 5.96. The Balaban J connectivity index is 1.42. The van der Waals surface area contributed by atoms with Gasteiger partial charge in [-0.25, -0.2) is 4.68 Å². The molecule has 0 saturated carbocycles. The molecule has 5 atom stereocenters. The number of aromatic nitrogens is 3. The van der Waals surface area contributed by atoms with E-state index in [1.165, 1.54) is 11.6 Å². The van der Waals surface area contributed by atoms with Crippen molar-refractivity contribution >= 4 is 17.7 Å². The number of rotatable bonds is 18. The second-order valence-electron chi connectivity index (χ2n) is 11.1. The summed E-state index contributed by atoms with van der Waals surface area (Å²) in [5, 5.41) is 37.9. The number of unbranched alkanes of at least 4 members (excludes halogenated alkanes) is 3. The molecule has 1 aromatic carbocycles. The highest BCUT2D eigenvalue weighted by atomic mass is 16.7. The Bertz CT molecular complexity index is 1210. The number of benzene rings is 1. The van der Waals surface area contributed by atoms with Crippen LogP contribution in [0.2, 0.25) is 0 Å². The number of nitrogens with one attached hydrogen (secondary N) is 3. The zero-order valence-corrected chi connectivity index (χ0v) is 26.3. The second-order valence-corrected chi connectivity index (χ2v) is 11.1. The molecule has 0 aliphatic carbocycles. The van der Waals surface area contributed by atoms with Gasteiger partial charge >= 0.3 is 0 Å². The molecule has 15 heteroatoms. The van der Waals surface area contributed by atoms with Crippen molar-refractivity contribution in [3.05, 3.63) is 30.5 Å². The number of methoxy groups -OCH3 is 1. The van der Waals surface area contributed by atoms with Crippen molar-refractivity contribution in [2.24, 2.45) is 0 Å². The van der Waals surface area contributed by atoms with Crippen LogP contribution in [-0.4, -0.2) is 107 Å². The first kappa shape index (κ1) is 35.8. The number of aliphatic hydroxyl groups is 2. The summed E-state index contributed by atoms with van der Waals surface area (Å²) in [5.41, 5.74) is 1.45. The van der Waals surface area contributed by atoms with Gasteiger partial charge in [0.25, 0.3) is 0 Å². The van der Waals surface area contributed by atoms with E-state index >= 15 is 0 Å². The first-order valence-corrected chi connectivity index (χ1v) is 15.2. The van der Waals surface area contributed by atoms with Gasteiger partial charge in [0.1, 0.15) is 48.9 Å². The van der Waals surface area contributed by atoms with Crippen molar-refractivity contribution in [2.75, 3.05) is 27.0 Å². The van der Waals surface area contributed by atoms with E-state index in [-0.39, 0.29) is 38.3 Å². The molecule has 5 N–H and O–H groups in total. The van der Waals surface area contributed by atoms with E-state index in [0.717, 1.165) is 24.8 Å². The van der Waals surface area contributed by atoms with Crippen LogP contribution in [0.25, 0.3) is 11.3 Å². The molecule has 1 aliphatic rings. The third kappa shape index (κ3) is 12.0. The number of hydrogen-bond acceptors (Lipinski definition) is 11. The number of carbonyl (C=O) groups excluding carboxylic acids is 3. The largest absolute Gasteiger partial charge is 0.497 e. The van der Waals surface area contributed by atoms with Crippen molar-refractivity contribution in [2.45, 2.75) is 96.2 Å². The number of hydrogen-bond donors (Lipinski definition) is 5. The normalized spacial score (nSPS) is 21.4. The minimum absolute atomic E-state index is 0.0132. The van der Waals surface area contributed by atoms with Gasteiger partial charge in [0, 0.05) is 25.6 Å². The molecule has 0 radical (unpaired) electrons. The summed E-state index contributed by atoms with van der Waals surface area (Å²) in [7, 11) is 1.59. The minimum atomic E-state index is -1.34. The van der Waals surface area contributed by atoms with Gasteiger partial charge in [0.05, 0.1) is 26.0 Å². The molecule has 0 spiro atoms. The molecule has 1 aromatic heterocycles. The van der Waals surface area contributed by atoms with E-state index in [4.69, 9.17) is 18.9 Å². The lowest BCUT2D eigenvalue weighted by molar-refractivity contribution is -0.267. The van der Waals surface area contributed by atoms with Crippen LogP contribution >= 0.6 is 0 Å². The van der Waals surface area contributed by atoms with E-state index in [9.17, 15) is 24.6 Å². The number of amides is 3. The number of ether oxygens (including phenoxy) is 4. The lowest BCUT2D eigenvalue weighted by Gasteiger charge is -2.42. The average molecular weight is 635 g/mol. The Morgan fingerprint density at radius 3 is 2.42 bits per heavy atom. The fourth-order valence-corrected chi connectivity index (χ4v) is 4.65. The van der Waals surface area contributed by atoms with E-state index in [2.05, 4.69) is 26.3 Å². The van der Waals surface area contributed by atoms with E-state index in [0.29, 0.717) is 24.4 Å². The highest BCUT2D eigenvalue weighted by Gasteiger charge is 2.45. The van der Waals surface area contributed by atoms with Crippen molar-refractivity contribution in [3.63, 3.8) is 0 Å². The van der Waals surface area contributed by atoms with Crippen molar-refractivity contribution in [1.82, 2.24) is 30.9 Å². The zero-order valence-electron chi connectivity index (χ0n) is 26.3. The predicted molar refractivity (Wildman–Crippen MR) is 162 cm³/mol. The molecule has 2 aromatic rings. The van der Waals surface area contributed by atoms with Crippen LogP contribution < -0.4 is 20.7 Å². The Morgan fingerprint density at radius 1 is 1.02 bits per heavy atom. The van der Waals surface area contributed by atoms with Gasteiger partial charge in [-0.05, 0) is 51.0 Å². The molecule has 1 fully saturated rings. The van der Waals surface area contributed by atoms with E-state index < -0.39 is 42.5 Å². The zero-order chi connectivity index (χ0) is 32.8. The van der Waals surface area contributed by atoms with Gasteiger partial charge in [-0.1, -0.05) is 18.1 Å². The Kier molecular flexibility index (Phi) is 14.6. The standard InChI is InChI=1S/C30H46N6O9/c1-19(2)44-18-32-26(39)15-25(38)31-13-7-5-6-8-14-43-30-27(33-20(3)37)29(41)28(40)24(45-30)17-36-16-23(34-35-36)21-9-11-22(42-4)12-10-21/h9-12,16,19,24,27-30,40-41H,5-8,13-15,17-18H2,1-4H3,(H,31,38)(H,32,39)(H,33,37). The van der Waals surface area contributed by atoms with Crippen LogP contribution in [0.1, 0.15) is 52.9 Å². The molecule has 1 aliphatic heterocycles. The summed E-state index contributed by atoms with van der Waals surface area (Å²) in [4.78, 5) is 35.5. The SMILES string of the molecule is COc1ccc(-c2cn(CC3OC(OCCCCCCNC(=O)CC(=O)NCOC(C)C)C(NC(C)=O)C(O)C3O)nn2)cc1. The monoisotopic (exact) mass is 634 g/mol. The van der Waals surface area contributed by atoms with Gasteiger partial charge in [-0.15, -0.1) is 5.10 Å². The summed E-state index contributed by atoms with van der Waals surface area (Å²) >= 11 is 0.